The summed E-state index contributed by atoms with van der Waals surface area (Å²) in [6.45, 7) is 0.220. The predicted molar refractivity (Wildman–Crippen MR) is 60.4 cm³/mol. The molecule has 0 aliphatic heterocycles. The molecule has 0 fully saturated rings. The molecule has 2 aromatic rings. The van der Waals surface area contributed by atoms with Crippen LogP contribution in [0.15, 0.2) is 24.4 Å². The molecular formula is C11H8F4N2S. The predicted octanol–water partition coefficient (Wildman–Crippen LogP) is 3.43. The van der Waals surface area contributed by atoms with Crippen molar-refractivity contribution in [2.24, 2.45) is 5.73 Å². The maximum Gasteiger partial charge on any atom is 0.419 e. The van der Waals surface area contributed by atoms with Crippen molar-refractivity contribution in [3.8, 4) is 10.6 Å². The zero-order valence-corrected chi connectivity index (χ0v) is 9.78. The molecule has 18 heavy (non-hydrogen) atoms. The second kappa shape index (κ2) is 4.66. The van der Waals surface area contributed by atoms with Crippen LogP contribution in [-0.2, 0) is 12.7 Å². The fourth-order valence-electron chi connectivity index (χ4n) is 1.44. The van der Waals surface area contributed by atoms with Crippen LogP contribution in [-0.4, -0.2) is 4.98 Å². The minimum absolute atomic E-state index is 0.158. The first kappa shape index (κ1) is 13.0. The average molecular weight is 276 g/mol. The molecule has 0 saturated heterocycles. The van der Waals surface area contributed by atoms with Crippen LogP contribution < -0.4 is 5.73 Å². The van der Waals surface area contributed by atoms with Crippen molar-refractivity contribution in [2.75, 3.05) is 0 Å². The normalized spacial score (nSPS) is 11.8. The van der Waals surface area contributed by atoms with E-state index in [1.165, 1.54) is 12.3 Å². The summed E-state index contributed by atoms with van der Waals surface area (Å²) >= 11 is 1.08. The van der Waals surface area contributed by atoms with Crippen LogP contribution in [0.4, 0.5) is 17.6 Å². The topological polar surface area (TPSA) is 38.9 Å². The number of hydrogen-bond donors (Lipinski definition) is 1. The van der Waals surface area contributed by atoms with Crippen molar-refractivity contribution in [3.63, 3.8) is 0 Å². The highest BCUT2D eigenvalue weighted by molar-refractivity contribution is 7.15. The molecule has 0 saturated carbocycles. The summed E-state index contributed by atoms with van der Waals surface area (Å²) in [7, 11) is 0. The number of benzene rings is 1. The minimum Gasteiger partial charge on any atom is -0.326 e. The molecule has 2 N–H and O–H groups in total. The molecule has 96 valence electrons. The third-order valence-corrected chi connectivity index (χ3v) is 3.34. The van der Waals surface area contributed by atoms with Crippen molar-refractivity contribution < 1.29 is 17.6 Å². The van der Waals surface area contributed by atoms with Gasteiger partial charge in [0.05, 0.1) is 5.56 Å². The van der Waals surface area contributed by atoms with Gasteiger partial charge in [0, 0.05) is 23.2 Å². The summed E-state index contributed by atoms with van der Waals surface area (Å²) < 4.78 is 51.4. The number of aromatic nitrogens is 1. The van der Waals surface area contributed by atoms with Gasteiger partial charge in [-0.1, -0.05) is 6.07 Å². The van der Waals surface area contributed by atoms with Gasteiger partial charge < -0.3 is 5.73 Å². The molecule has 0 aliphatic carbocycles. The Kier molecular flexibility index (Phi) is 3.36. The average Bonchev–Trinajstić information content (AvgIpc) is 2.76. The lowest BCUT2D eigenvalue weighted by Crippen LogP contribution is -2.08. The van der Waals surface area contributed by atoms with E-state index in [0.717, 1.165) is 17.4 Å². The molecular weight excluding hydrogens is 268 g/mol. The maximum absolute atomic E-state index is 13.8. The van der Waals surface area contributed by atoms with E-state index in [0.29, 0.717) is 10.9 Å². The monoisotopic (exact) mass is 276 g/mol. The molecule has 0 amide bonds. The Bertz CT molecular complexity index is 562. The van der Waals surface area contributed by atoms with Crippen LogP contribution in [0.5, 0.6) is 0 Å². The Hall–Kier alpha value is -1.47. The molecule has 0 atom stereocenters. The Morgan fingerprint density at radius 3 is 2.56 bits per heavy atom. The molecule has 0 spiro atoms. The van der Waals surface area contributed by atoms with Gasteiger partial charge in [-0.05, 0) is 12.1 Å². The number of halogens is 4. The second-order valence-corrected chi connectivity index (χ2v) is 4.62. The summed E-state index contributed by atoms with van der Waals surface area (Å²) in [6, 6.07) is 3.13. The molecule has 0 radical (unpaired) electrons. The lowest BCUT2D eigenvalue weighted by molar-refractivity contribution is -0.139. The van der Waals surface area contributed by atoms with Gasteiger partial charge in [0.25, 0.3) is 0 Å². The van der Waals surface area contributed by atoms with Crippen molar-refractivity contribution in [1.82, 2.24) is 4.98 Å². The summed E-state index contributed by atoms with van der Waals surface area (Å²) in [4.78, 5) is 4.55. The largest absolute Gasteiger partial charge is 0.419 e. The molecule has 1 heterocycles. The number of nitrogens with zero attached hydrogens (tertiary/aromatic N) is 1. The highest BCUT2D eigenvalue weighted by Crippen LogP contribution is 2.36. The van der Waals surface area contributed by atoms with Crippen molar-refractivity contribution in [1.29, 1.82) is 0 Å². The quantitative estimate of drug-likeness (QED) is 0.853. The van der Waals surface area contributed by atoms with Crippen molar-refractivity contribution >= 4 is 11.3 Å². The van der Waals surface area contributed by atoms with E-state index in [2.05, 4.69) is 4.98 Å². The SMILES string of the molecule is NCc1cnc(-c2cccc(C(F)(F)F)c2F)s1. The van der Waals surface area contributed by atoms with Crippen LogP contribution in [0.2, 0.25) is 0 Å². The van der Waals surface area contributed by atoms with Gasteiger partial charge in [-0.15, -0.1) is 11.3 Å². The molecule has 1 aromatic carbocycles. The van der Waals surface area contributed by atoms with Gasteiger partial charge in [0.15, 0.2) is 0 Å². The molecule has 0 bridgehead atoms. The number of nitrogens with two attached hydrogens (primary N) is 1. The fraction of sp³-hybridized carbons (Fsp3) is 0.182. The third kappa shape index (κ3) is 2.37. The first-order chi connectivity index (χ1) is 8.43. The van der Waals surface area contributed by atoms with E-state index in [1.807, 2.05) is 0 Å². The van der Waals surface area contributed by atoms with Crippen LogP contribution in [0.3, 0.4) is 0 Å². The van der Waals surface area contributed by atoms with E-state index in [1.54, 1.807) is 0 Å². The third-order valence-electron chi connectivity index (χ3n) is 2.29. The molecule has 7 heteroatoms. The fourth-order valence-corrected chi connectivity index (χ4v) is 2.25. The smallest absolute Gasteiger partial charge is 0.326 e. The van der Waals surface area contributed by atoms with Gasteiger partial charge >= 0.3 is 6.18 Å². The standard InChI is InChI=1S/C11H8F4N2S/c12-9-7(10-17-5-6(4-16)18-10)2-1-3-8(9)11(13,14)15/h1-3,5H,4,16H2. The molecule has 0 unspecified atom stereocenters. The van der Waals surface area contributed by atoms with Gasteiger partial charge in [0.1, 0.15) is 10.8 Å². The van der Waals surface area contributed by atoms with E-state index in [-0.39, 0.29) is 17.1 Å². The van der Waals surface area contributed by atoms with Crippen molar-refractivity contribution in [3.05, 3.63) is 40.7 Å². The van der Waals surface area contributed by atoms with E-state index >= 15 is 0 Å². The Morgan fingerprint density at radius 1 is 1.28 bits per heavy atom. The Balaban J connectivity index is 2.52. The lowest BCUT2D eigenvalue weighted by Gasteiger charge is -2.09. The van der Waals surface area contributed by atoms with Gasteiger partial charge in [-0.25, -0.2) is 9.37 Å². The number of thiazole rings is 1. The molecule has 2 rings (SSSR count). The van der Waals surface area contributed by atoms with E-state index in [9.17, 15) is 17.6 Å². The Labute approximate surface area is 104 Å². The minimum atomic E-state index is -4.71. The first-order valence-electron chi connectivity index (χ1n) is 4.94. The number of hydrogen-bond acceptors (Lipinski definition) is 3. The van der Waals surface area contributed by atoms with Crippen LogP contribution in [0.1, 0.15) is 10.4 Å². The van der Waals surface area contributed by atoms with Crippen molar-refractivity contribution in [2.45, 2.75) is 12.7 Å². The van der Waals surface area contributed by atoms with Crippen LogP contribution >= 0.6 is 11.3 Å². The summed E-state index contributed by atoms with van der Waals surface area (Å²) in [5, 5.41) is 0.194. The van der Waals surface area contributed by atoms with Crippen LogP contribution in [0, 0.1) is 5.82 Å². The Morgan fingerprint density at radius 2 is 2.00 bits per heavy atom. The summed E-state index contributed by atoms with van der Waals surface area (Å²) in [5.41, 5.74) is 3.93. The van der Waals surface area contributed by atoms with Gasteiger partial charge in [0.2, 0.25) is 0 Å². The van der Waals surface area contributed by atoms with E-state index in [4.69, 9.17) is 5.73 Å². The second-order valence-electron chi connectivity index (χ2n) is 3.50. The highest BCUT2D eigenvalue weighted by atomic mass is 32.1. The van der Waals surface area contributed by atoms with Gasteiger partial charge in [-0.2, -0.15) is 13.2 Å². The molecule has 0 aliphatic rings. The molecule has 1 aromatic heterocycles. The maximum atomic E-state index is 13.8. The van der Waals surface area contributed by atoms with Crippen LogP contribution in [0.25, 0.3) is 10.6 Å². The summed E-state index contributed by atoms with van der Waals surface area (Å²) in [5.74, 6) is -1.30. The van der Waals surface area contributed by atoms with Gasteiger partial charge in [-0.3, -0.25) is 0 Å². The first-order valence-corrected chi connectivity index (χ1v) is 5.76. The highest BCUT2D eigenvalue weighted by Gasteiger charge is 2.35. The molecule has 2 nitrogen and oxygen atoms in total. The summed E-state index contributed by atoms with van der Waals surface area (Å²) in [6.07, 6.45) is -3.28. The number of rotatable bonds is 2. The lowest BCUT2D eigenvalue weighted by atomic mass is 10.1. The number of alkyl halides is 3. The zero-order chi connectivity index (χ0) is 13.3. The zero-order valence-electron chi connectivity index (χ0n) is 8.96. The van der Waals surface area contributed by atoms with E-state index < -0.39 is 17.6 Å².